The molecule has 0 radical (unpaired) electrons. The Morgan fingerprint density at radius 2 is 1.24 bits per heavy atom. The van der Waals surface area contributed by atoms with Crippen LogP contribution in [-0.2, 0) is 0 Å². The van der Waals surface area contributed by atoms with Crippen molar-refractivity contribution in [1.82, 2.24) is 4.57 Å². The first-order valence-corrected chi connectivity index (χ1v) is 16.1. The summed E-state index contributed by atoms with van der Waals surface area (Å²) in [5, 5.41) is 7.53. The fraction of sp³-hybridized carbons (Fsp3) is 0. The van der Waals surface area contributed by atoms with E-state index in [1.54, 1.807) is 0 Å². The first-order valence-electron chi connectivity index (χ1n) is 15.3. The Labute approximate surface area is 263 Å². The summed E-state index contributed by atoms with van der Waals surface area (Å²) < 4.78 is 11.7. The molecule has 0 bridgehead atoms. The summed E-state index contributed by atoms with van der Waals surface area (Å²) in [5.41, 5.74) is 9.99. The first-order chi connectivity index (χ1) is 22.3. The topological polar surface area (TPSA) is 18.1 Å². The molecule has 45 heavy (non-hydrogen) atoms. The fourth-order valence-electron chi connectivity index (χ4n) is 7.26. The summed E-state index contributed by atoms with van der Waals surface area (Å²) in [6.45, 7) is 0. The molecule has 0 aliphatic rings. The Hall–Kier alpha value is -5.64. The van der Waals surface area contributed by atoms with Gasteiger partial charge in [0.25, 0.3) is 0 Å². The second kappa shape index (κ2) is 9.43. The van der Waals surface area contributed by atoms with E-state index in [2.05, 4.69) is 156 Å². The highest BCUT2D eigenvalue weighted by Crippen LogP contribution is 2.46. The number of benzene rings is 7. The number of furan rings is 1. The van der Waals surface area contributed by atoms with E-state index in [1.807, 2.05) is 11.3 Å². The number of para-hydroxylation sites is 2. The minimum absolute atomic E-state index is 0.898. The van der Waals surface area contributed by atoms with Gasteiger partial charge in [-0.1, -0.05) is 109 Å². The van der Waals surface area contributed by atoms with Crippen LogP contribution in [0.3, 0.4) is 0 Å². The zero-order valence-corrected chi connectivity index (χ0v) is 25.0. The Kier molecular flexibility index (Phi) is 5.19. The molecule has 3 heterocycles. The van der Waals surface area contributed by atoms with Gasteiger partial charge in [-0.15, -0.1) is 11.3 Å². The number of nitrogens with zero attached hydrogens (tertiary/aromatic N) is 1. The average Bonchev–Trinajstić information content (AvgIpc) is 3.77. The highest BCUT2D eigenvalue weighted by atomic mass is 32.1. The molecule has 0 saturated carbocycles. The quantitative estimate of drug-likeness (QED) is 0.200. The van der Waals surface area contributed by atoms with Crippen LogP contribution in [0.2, 0.25) is 0 Å². The second-order valence-corrected chi connectivity index (χ2v) is 12.7. The van der Waals surface area contributed by atoms with E-state index in [4.69, 9.17) is 4.42 Å². The standard InChI is InChI=1S/C42H25NOS/c1-2-12-28(13-3-1)43-35-19-9-8-17-33(35)42-41(43)40-32(18-10-20-36(40)44-42)31-16-7-6-14-29(31)27-21-23-34-38(25-27)45-37-24-22-26-11-4-5-15-30(26)39(34)37/h1-25H. The third-order valence-corrected chi connectivity index (χ3v) is 10.3. The van der Waals surface area contributed by atoms with Crippen LogP contribution >= 0.6 is 11.3 Å². The molecule has 0 atom stereocenters. The lowest BCUT2D eigenvalue weighted by atomic mass is 9.92. The number of hydrogen-bond acceptors (Lipinski definition) is 2. The van der Waals surface area contributed by atoms with Gasteiger partial charge in [-0.2, -0.15) is 0 Å². The molecule has 0 saturated heterocycles. The van der Waals surface area contributed by atoms with Gasteiger partial charge >= 0.3 is 0 Å². The number of hydrogen-bond donors (Lipinski definition) is 0. The Morgan fingerprint density at radius 3 is 2.16 bits per heavy atom. The van der Waals surface area contributed by atoms with Crippen molar-refractivity contribution in [2.75, 3.05) is 0 Å². The summed E-state index contributed by atoms with van der Waals surface area (Å²) in [5.74, 6) is 0. The van der Waals surface area contributed by atoms with Gasteiger partial charge in [0.1, 0.15) is 11.1 Å². The van der Waals surface area contributed by atoms with Crippen LogP contribution in [0.5, 0.6) is 0 Å². The van der Waals surface area contributed by atoms with Crippen molar-refractivity contribution in [1.29, 1.82) is 0 Å². The number of thiophene rings is 1. The number of fused-ring (bicyclic) bond motifs is 10. The molecule has 0 fully saturated rings. The zero-order chi connectivity index (χ0) is 29.5. The molecule has 3 aromatic heterocycles. The molecule has 0 spiro atoms. The summed E-state index contributed by atoms with van der Waals surface area (Å²) >= 11 is 1.88. The van der Waals surface area contributed by atoms with E-state index in [0.29, 0.717) is 0 Å². The molecule has 7 aromatic carbocycles. The summed E-state index contributed by atoms with van der Waals surface area (Å²) in [4.78, 5) is 0. The van der Waals surface area contributed by atoms with Crippen LogP contribution in [-0.4, -0.2) is 4.57 Å². The maximum atomic E-state index is 6.68. The molecule has 10 aromatic rings. The molecular weight excluding hydrogens is 567 g/mol. The predicted octanol–water partition coefficient (Wildman–Crippen LogP) is 12.4. The third-order valence-electron chi connectivity index (χ3n) is 9.21. The lowest BCUT2D eigenvalue weighted by molar-refractivity contribution is 0.673. The average molecular weight is 592 g/mol. The fourth-order valence-corrected chi connectivity index (χ4v) is 8.42. The van der Waals surface area contributed by atoms with Gasteiger partial charge in [0.05, 0.1) is 10.9 Å². The van der Waals surface area contributed by atoms with E-state index in [9.17, 15) is 0 Å². The largest absolute Gasteiger partial charge is 0.454 e. The van der Waals surface area contributed by atoms with E-state index in [0.717, 1.165) is 38.7 Å². The molecule has 0 aliphatic heterocycles. The molecular formula is C42H25NOS. The van der Waals surface area contributed by atoms with Crippen molar-refractivity contribution in [2.24, 2.45) is 0 Å². The molecule has 0 unspecified atom stereocenters. The Balaban J connectivity index is 1.24. The number of aromatic nitrogens is 1. The van der Waals surface area contributed by atoms with Gasteiger partial charge in [0.15, 0.2) is 5.58 Å². The first kappa shape index (κ1) is 24.8. The van der Waals surface area contributed by atoms with Gasteiger partial charge in [0.2, 0.25) is 0 Å². The van der Waals surface area contributed by atoms with Crippen molar-refractivity contribution in [3.63, 3.8) is 0 Å². The molecule has 210 valence electrons. The van der Waals surface area contributed by atoms with Crippen LogP contribution in [0.4, 0.5) is 0 Å². The van der Waals surface area contributed by atoms with E-state index >= 15 is 0 Å². The van der Waals surface area contributed by atoms with Crippen LogP contribution in [0.1, 0.15) is 0 Å². The van der Waals surface area contributed by atoms with Crippen LogP contribution in [0.25, 0.3) is 91.9 Å². The van der Waals surface area contributed by atoms with Crippen molar-refractivity contribution in [3.8, 4) is 27.9 Å². The second-order valence-electron chi connectivity index (χ2n) is 11.7. The van der Waals surface area contributed by atoms with Crippen LogP contribution < -0.4 is 0 Å². The highest BCUT2D eigenvalue weighted by Gasteiger charge is 2.22. The molecule has 0 aliphatic carbocycles. The normalized spacial score (nSPS) is 12.0. The zero-order valence-electron chi connectivity index (χ0n) is 24.2. The summed E-state index contributed by atoms with van der Waals surface area (Å²) in [7, 11) is 0. The molecule has 0 amide bonds. The van der Waals surface area contributed by atoms with E-state index < -0.39 is 0 Å². The molecule has 2 nitrogen and oxygen atoms in total. The van der Waals surface area contributed by atoms with Gasteiger partial charge in [-0.25, -0.2) is 0 Å². The molecule has 0 N–H and O–H groups in total. The minimum atomic E-state index is 0.898. The minimum Gasteiger partial charge on any atom is -0.454 e. The third kappa shape index (κ3) is 3.56. The summed E-state index contributed by atoms with van der Waals surface area (Å²) in [6.07, 6.45) is 0. The van der Waals surface area contributed by atoms with Crippen LogP contribution in [0.15, 0.2) is 156 Å². The predicted molar refractivity (Wildman–Crippen MR) is 192 cm³/mol. The lowest BCUT2D eigenvalue weighted by Gasteiger charge is -2.13. The van der Waals surface area contributed by atoms with Gasteiger partial charge in [0, 0.05) is 31.2 Å². The highest BCUT2D eigenvalue weighted by molar-refractivity contribution is 7.26. The molecule has 10 rings (SSSR count). The smallest absolute Gasteiger partial charge is 0.161 e. The van der Waals surface area contributed by atoms with Gasteiger partial charge in [-0.3, -0.25) is 0 Å². The van der Waals surface area contributed by atoms with Crippen molar-refractivity contribution in [2.45, 2.75) is 0 Å². The lowest BCUT2D eigenvalue weighted by Crippen LogP contribution is -1.94. The SMILES string of the molecule is c1ccc(-n2c3ccccc3c3oc4cccc(-c5ccccc5-c5ccc6c(c5)sc5ccc7ccccc7c56)c4c32)cc1. The van der Waals surface area contributed by atoms with E-state index in [1.165, 1.54) is 53.2 Å². The van der Waals surface area contributed by atoms with Crippen LogP contribution in [0, 0.1) is 0 Å². The van der Waals surface area contributed by atoms with Gasteiger partial charge < -0.3 is 8.98 Å². The van der Waals surface area contributed by atoms with Crippen molar-refractivity contribution in [3.05, 3.63) is 152 Å². The number of rotatable bonds is 3. The Bertz CT molecular complexity index is 2760. The Morgan fingerprint density at radius 1 is 0.489 bits per heavy atom. The van der Waals surface area contributed by atoms with Gasteiger partial charge in [-0.05, 0) is 75.5 Å². The maximum absolute atomic E-state index is 6.68. The van der Waals surface area contributed by atoms with E-state index in [-0.39, 0.29) is 0 Å². The van der Waals surface area contributed by atoms with Crippen molar-refractivity contribution < 1.29 is 4.42 Å². The molecule has 3 heteroatoms. The summed E-state index contributed by atoms with van der Waals surface area (Å²) in [6, 6.07) is 54.6. The van der Waals surface area contributed by atoms with Crippen molar-refractivity contribution >= 4 is 75.3 Å². The monoisotopic (exact) mass is 591 g/mol. The maximum Gasteiger partial charge on any atom is 0.161 e.